The molecular formula is C16H16N2O2. The third-order valence-corrected chi connectivity index (χ3v) is 3.18. The number of aliphatic imine (C=N–C) groups is 1. The Labute approximate surface area is 118 Å². The first-order valence-corrected chi connectivity index (χ1v) is 6.51. The second kappa shape index (κ2) is 5.75. The SMILES string of the molecule is COc1ccc(C2N=C(Cc3ccccc3)NO2)cc1. The van der Waals surface area contributed by atoms with E-state index < -0.39 is 0 Å². The molecule has 0 saturated carbocycles. The van der Waals surface area contributed by atoms with Gasteiger partial charge in [-0.2, -0.15) is 0 Å². The summed E-state index contributed by atoms with van der Waals surface area (Å²) in [5.41, 5.74) is 5.11. The fraction of sp³-hybridized carbons (Fsp3) is 0.188. The highest BCUT2D eigenvalue weighted by Crippen LogP contribution is 2.24. The molecule has 1 aliphatic heterocycles. The predicted octanol–water partition coefficient (Wildman–Crippen LogP) is 2.87. The molecule has 1 unspecified atom stereocenters. The van der Waals surface area contributed by atoms with Crippen LogP contribution in [0, 0.1) is 0 Å². The molecule has 0 aliphatic carbocycles. The molecule has 1 aliphatic rings. The summed E-state index contributed by atoms with van der Waals surface area (Å²) in [6.45, 7) is 0. The maximum absolute atomic E-state index is 5.50. The Morgan fingerprint density at radius 2 is 1.85 bits per heavy atom. The first kappa shape index (κ1) is 12.7. The van der Waals surface area contributed by atoms with Gasteiger partial charge in [-0.3, -0.25) is 5.48 Å². The molecule has 3 rings (SSSR count). The Morgan fingerprint density at radius 3 is 2.55 bits per heavy atom. The molecule has 2 aromatic carbocycles. The van der Waals surface area contributed by atoms with Gasteiger partial charge in [0, 0.05) is 12.0 Å². The second-order valence-electron chi connectivity index (χ2n) is 4.58. The van der Waals surface area contributed by atoms with E-state index in [1.807, 2.05) is 42.5 Å². The molecule has 0 aromatic heterocycles. The molecule has 1 atom stereocenters. The van der Waals surface area contributed by atoms with E-state index in [0.717, 1.165) is 23.6 Å². The van der Waals surface area contributed by atoms with Crippen LogP contribution in [-0.4, -0.2) is 12.9 Å². The van der Waals surface area contributed by atoms with Crippen LogP contribution >= 0.6 is 0 Å². The molecule has 0 fully saturated rings. The van der Waals surface area contributed by atoms with Crippen LogP contribution in [0.15, 0.2) is 59.6 Å². The second-order valence-corrected chi connectivity index (χ2v) is 4.58. The molecule has 102 valence electrons. The van der Waals surface area contributed by atoms with Crippen molar-refractivity contribution in [1.29, 1.82) is 0 Å². The maximum Gasteiger partial charge on any atom is 0.202 e. The standard InChI is InChI=1S/C16H16N2O2/c1-19-14-9-7-13(8-10-14)16-17-15(18-20-16)11-12-5-3-2-4-6-12/h2-10,16H,11H2,1H3,(H,17,18). The number of benzene rings is 2. The van der Waals surface area contributed by atoms with Crippen LogP contribution in [0.25, 0.3) is 0 Å². The zero-order valence-electron chi connectivity index (χ0n) is 11.2. The zero-order chi connectivity index (χ0) is 13.8. The van der Waals surface area contributed by atoms with Crippen molar-refractivity contribution in [2.24, 2.45) is 4.99 Å². The van der Waals surface area contributed by atoms with Crippen molar-refractivity contribution in [2.45, 2.75) is 12.6 Å². The molecule has 1 N–H and O–H groups in total. The van der Waals surface area contributed by atoms with Crippen LogP contribution in [0.2, 0.25) is 0 Å². The number of hydroxylamine groups is 1. The Morgan fingerprint density at radius 1 is 1.10 bits per heavy atom. The van der Waals surface area contributed by atoms with Crippen molar-refractivity contribution >= 4 is 5.84 Å². The number of nitrogens with one attached hydrogen (secondary N) is 1. The average Bonchev–Trinajstić information content (AvgIpc) is 2.97. The minimum atomic E-state index is -0.292. The maximum atomic E-state index is 5.50. The van der Waals surface area contributed by atoms with E-state index in [1.165, 1.54) is 5.56 Å². The lowest BCUT2D eigenvalue weighted by Crippen LogP contribution is -2.19. The lowest BCUT2D eigenvalue weighted by molar-refractivity contribution is 0.0371. The largest absolute Gasteiger partial charge is 0.497 e. The summed E-state index contributed by atoms with van der Waals surface area (Å²) < 4.78 is 5.14. The number of rotatable bonds is 4. The molecule has 1 heterocycles. The quantitative estimate of drug-likeness (QED) is 0.927. The Balaban J connectivity index is 1.70. The van der Waals surface area contributed by atoms with Gasteiger partial charge in [-0.25, -0.2) is 9.83 Å². The normalized spacial score (nSPS) is 17.4. The lowest BCUT2D eigenvalue weighted by atomic mass is 10.1. The molecule has 4 heteroatoms. The van der Waals surface area contributed by atoms with Gasteiger partial charge in [0.25, 0.3) is 0 Å². The van der Waals surface area contributed by atoms with Gasteiger partial charge in [0.05, 0.1) is 7.11 Å². The Kier molecular flexibility index (Phi) is 3.65. The molecule has 4 nitrogen and oxygen atoms in total. The summed E-state index contributed by atoms with van der Waals surface area (Å²) in [5.74, 6) is 1.67. The van der Waals surface area contributed by atoms with E-state index in [1.54, 1.807) is 7.11 Å². The number of amidine groups is 1. The summed E-state index contributed by atoms with van der Waals surface area (Å²) in [6, 6.07) is 17.9. The molecule has 0 amide bonds. The highest BCUT2D eigenvalue weighted by Gasteiger charge is 2.19. The number of nitrogens with zero attached hydrogens (tertiary/aromatic N) is 1. The van der Waals surface area contributed by atoms with Gasteiger partial charge in [-0.05, 0) is 17.7 Å². The Hall–Kier alpha value is -2.33. The molecule has 0 bridgehead atoms. The van der Waals surface area contributed by atoms with Gasteiger partial charge in [0.2, 0.25) is 6.23 Å². The topological polar surface area (TPSA) is 42.8 Å². The summed E-state index contributed by atoms with van der Waals surface area (Å²) in [5, 5.41) is 0. The first-order chi connectivity index (χ1) is 9.85. The molecule has 0 radical (unpaired) electrons. The van der Waals surface area contributed by atoms with Gasteiger partial charge in [-0.1, -0.05) is 42.5 Å². The Bertz CT molecular complexity index is 594. The zero-order valence-corrected chi connectivity index (χ0v) is 11.2. The van der Waals surface area contributed by atoms with Gasteiger partial charge in [-0.15, -0.1) is 0 Å². The summed E-state index contributed by atoms with van der Waals surface area (Å²) in [7, 11) is 1.65. The van der Waals surface area contributed by atoms with Crippen molar-refractivity contribution < 1.29 is 9.57 Å². The van der Waals surface area contributed by atoms with Crippen molar-refractivity contribution in [3.05, 3.63) is 65.7 Å². The summed E-state index contributed by atoms with van der Waals surface area (Å²) >= 11 is 0. The van der Waals surface area contributed by atoms with Crippen LogP contribution in [0.5, 0.6) is 5.75 Å². The molecule has 0 spiro atoms. The van der Waals surface area contributed by atoms with Crippen LogP contribution < -0.4 is 10.2 Å². The van der Waals surface area contributed by atoms with Crippen molar-refractivity contribution in [1.82, 2.24) is 5.48 Å². The van der Waals surface area contributed by atoms with Crippen LogP contribution in [0.1, 0.15) is 17.4 Å². The smallest absolute Gasteiger partial charge is 0.202 e. The van der Waals surface area contributed by atoms with Crippen molar-refractivity contribution in [3.8, 4) is 5.75 Å². The van der Waals surface area contributed by atoms with Gasteiger partial charge >= 0.3 is 0 Å². The average molecular weight is 268 g/mol. The fourth-order valence-corrected chi connectivity index (χ4v) is 2.10. The van der Waals surface area contributed by atoms with E-state index in [-0.39, 0.29) is 6.23 Å². The van der Waals surface area contributed by atoms with Gasteiger partial charge in [0.15, 0.2) is 0 Å². The molecular weight excluding hydrogens is 252 g/mol. The highest BCUT2D eigenvalue weighted by molar-refractivity contribution is 5.84. The van der Waals surface area contributed by atoms with E-state index in [4.69, 9.17) is 9.57 Å². The van der Waals surface area contributed by atoms with Crippen molar-refractivity contribution in [3.63, 3.8) is 0 Å². The third kappa shape index (κ3) is 2.81. The third-order valence-electron chi connectivity index (χ3n) is 3.18. The van der Waals surface area contributed by atoms with Gasteiger partial charge in [0.1, 0.15) is 11.6 Å². The van der Waals surface area contributed by atoms with Gasteiger partial charge < -0.3 is 4.74 Å². The lowest BCUT2D eigenvalue weighted by Gasteiger charge is -2.06. The summed E-state index contributed by atoms with van der Waals surface area (Å²) in [6.07, 6.45) is 0.452. The monoisotopic (exact) mass is 268 g/mol. The number of ether oxygens (including phenoxy) is 1. The minimum absolute atomic E-state index is 0.292. The van der Waals surface area contributed by atoms with Crippen molar-refractivity contribution in [2.75, 3.05) is 7.11 Å². The van der Waals surface area contributed by atoms with E-state index in [2.05, 4.69) is 22.6 Å². The molecule has 20 heavy (non-hydrogen) atoms. The summed E-state index contributed by atoms with van der Waals surface area (Å²) in [4.78, 5) is 10.1. The number of methoxy groups -OCH3 is 1. The van der Waals surface area contributed by atoms with Crippen LogP contribution in [0.3, 0.4) is 0 Å². The predicted molar refractivity (Wildman–Crippen MR) is 77.5 cm³/mol. The van der Waals surface area contributed by atoms with E-state index in [0.29, 0.717) is 0 Å². The first-order valence-electron chi connectivity index (χ1n) is 6.51. The molecule has 2 aromatic rings. The number of hydrogen-bond acceptors (Lipinski definition) is 4. The van der Waals surface area contributed by atoms with Crippen LogP contribution in [0.4, 0.5) is 0 Å². The van der Waals surface area contributed by atoms with Crippen LogP contribution in [-0.2, 0) is 11.3 Å². The fourth-order valence-electron chi connectivity index (χ4n) is 2.10. The number of hydrogen-bond donors (Lipinski definition) is 1. The molecule has 0 saturated heterocycles. The van der Waals surface area contributed by atoms with E-state index in [9.17, 15) is 0 Å². The highest BCUT2D eigenvalue weighted by atomic mass is 16.7. The van der Waals surface area contributed by atoms with E-state index >= 15 is 0 Å². The minimum Gasteiger partial charge on any atom is -0.497 e.